The molecule has 2 aromatic rings. The van der Waals surface area contributed by atoms with Crippen molar-refractivity contribution in [2.75, 3.05) is 29.6 Å². The van der Waals surface area contributed by atoms with Crippen LogP contribution in [0.15, 0.2) is 47.5 Å². The summed E-state index contributed by atoms with van der Waals surface area (Å²) in [6.45, 7) is 6.18. The molecule has 2 N–H and O–H groups in total. The van der Waals surface area contributed by atoms with Gasteiger partial charge < -0.3 is 15.5 Å². The third kappa shape index (κ3) is 5.49. The van der Waals surface area contributed by atoms with Crippen molar-refractivity contribution in [1.29, 1.82) is 0 Å². The smallest absolute Gasteiger partial charge is 0.313 e. The van der Waals surface area contributed by atoms with Crippen molar-refractivity contribution in [1.82, 2.24) is 10.3 Å². The van der Waals surface area contributed by atoms with Crippen LogP contribution in [0.3, 0.4) is 0 Å². The minimum absolute atomic E-state index is 0.253. The summed E-state index contributed by atoms with van der Waals surface area (Å²) in [6, 6.07) is 11.2. The molecule has 0 radical (unpaired) electrons. The molecule has 0 aliphatic rings. The minimum atomic E-state index is -0.684. The Balaban J connectivity index is 1.88. The number of amides is 2. The summed E-state index contributed by atoms with van der Waals surface area (Å²) in [4.78, 5) is 31.5. The van der Waals surface area contributed by atoms with E-state index in [1.54, 1.807) is 24.0 Å². The molecule has 2 rings (SSSR count). The van der Waals surface area contributed by atoms with Gasteiger partial charge in [0.25, 0.3) is 0 Å². The number of carbonyl (C=O) groups is 2. The van der Waals surface area contributed by atoms with Gasteiger partial charge >= 0.3 is 11.8 Å². The fourth-order valence-electron chi connectivity index (χ4n) is 2.41. The van der Waals surface area contributed by atoms with Crippen molar-refractivity contribution in [3.8, 4) is 0 Å². The van der Waals surface area contributed by atoms with Crippen LogP contribution in [0, 0.1) is 0 Å². The molecule has 0 fully saturated rings. The van der Waals surface area contributed by atoms with E-state index < -0.39 is 11.8 Å². The molecule has 1 heterocycles. The number of benzene rings is 1. The topological polar surface area (TPSA) is 74.3 Å². The summed E-state index contributed by atoms with van der Waals surface area (Å²) in [5.41, 5.74) is 1.44. The molecule has 0 atom stereocenters. The number of anilines is 2. The number of hydrogen-bond acceptors (Lipinski definition) is 5. The summed E-state index contributed by atoms with van der Waals surface area (Å²) in [7, 11) is 0. The molecule has 1 aromatic carbocycles. The molecule has 0 aliphatic heterocycles. The Morgan fingerprint density at radius 1 is 1.12 bits per heavy atom. The lowest BCUT2D eigenvalue weighted by atomic mass is 10.2. The van der Waals surface area contributed by atoms with Crippen molar-refractivity contribution in [2.24, 2.45) is 0 Å². The quantitative estimate of drug-likeness (QED) is 0.577. The maximum absolute atomic E-state index is 12.0. The van der Waals surface area contributed by atoms with Crippen LogP contribution in [0.1, 0.15) is 19.4 Å². The summed E-state index contributed by atoms with van der Waals surface area (Å²) >= 11 is 1.57. The largest absolute Gasteiger partial charge is 0.357 e. The Bertz CT molecular complexity index is 745. The number of hydrogen-bond donors (Lipinski definition) is 2. The average Bonchev–Trinajstić information content (AvgIpc) is 2.68. The second-order valence-electron chi connectivity index (χ2n) is 5.57. The number of nitrogens with zero attached hydrogens (tertiary/aromatic N) is 2. The number of rotatable bonds is 7. The standard InChI is InChI=1S/C19H24N4O2S/c1-4-23(5-2)17-10-9-14(12-20-17)13-21-18(24)19(25)22-15-7-6-8-16(11-15)26-3/h6-12H,4-5,13H2,1-3H3,(H,21,24)(H,22,25). The van der Waals surface area contributed by atoms with Gasteiger partial charge in [0.2, 0.25) is 0 Å². The lowest BCUT2D eigenvalue weighted by molar-refractivity contribution is -0.136. The van der Waals surface area contributed by atoms with Crippen LogP contribution in [0.25, 0.3) is 0 Å². The highest BCUT2D eigenvalue weighted by Gasteiger charge is 2.13. The molecule has 7 heteroatoms. The summed E-state index contributed by atoms with van der Waals surface area (Å²) < 4.78 is 0. The van der Waals surface area contributed by atoms with E-state index in [1.807, 2.05) is 36.6 Å². The Morgan fingerprint density at radius 2 is 1.88 bits per heavy atom. The van der Waals surface area contributed by atoms with Crippen LogP contribution in [0.5, 0.6) is 0 Å². The highest BCUT2D eigenvalue weighted by Crippen LogP contribution is 2.18. The SMILES string of the molecule is CCN(CC)c1ccc(CNC(=O)C(=O)Nc2cccc(SC)c2)cn1. The molecule has 1 aromatic heterocycles. The van der Waals surface area contributed by atoms with E-state index in [9.17, 15) is 9.59 Å². The van der Waals surface area contributed by atoms with E-state index >= 15 is 0 Å². The Morgan fingerprint density at radius 3 is 2.50 bits per heavy atom. The minimum Gasteiger partial charge on any atom is -0.357 e. The second-order valence-corrected chi connectivity index (χ2v) is 6.45. The third-order valence-electron chi connectivity index (χ3n) is 3.88. The predicted octanol–water partition coefficient (Wildman–Crippen LogP) is 2.90. The molecular weight excluding hydrogens is 348 g/mol. The zero-order valence-electron chi connectivity index (χ0n) is 15.3. The first-order valence-corrected chi connectivity index (χ1v) is 9.73. The Hall–Kier alpha value is -2.54. The van der Waals surface area contributed by atoms with Crippen LogP contribution in [0.2, 0.25) is 0 Å². The van der Waals surface area contributed by atoms with E-state index in [-0.39, 0.29) is 6.54 Å². The van der Waals surface area contributed by atoms with Gasteiger partial charge in [-0.05, 0) is 49.9 Å². The van der Waals surface area contributed by atoms with Gasteiger partial charge in [-0.2, -0.15) is 0 Å². The molecule has 0 bridgehead atoms. The number of pyridine rings is 1. The van der Waals surface area contributed by atoms with Gasteiger partial charge in [0, 0.05) is 36.4 Å². The zero-order valence-corrected chi connectivity index (χ0v) is 16.1. The molecule has 0 unspecified atom stereocenters. The van der Waals surface area contributed by atoms with Gasteiger partial charge in [0.15, 0.2) is 0 Å². The van der Waals surface area contributed by atoms with Gasteiger partial charge in [-0.3, -0.25) is 9.59 Å². The van der Waals surface area contributed by atoms with Crippen LogP contribution in [0.4, 0.5) is 11.5 Å². The van der Waals surface area contributed by atoms with E-state index in [1.165, 1.54) is 0 Å². The Labute approximate surface area is 158 Å². The van der Waals surface area contributed by atoms with E-state index in [0.29, 0.717) is 5.69 Å². The van der Waals surface area contributed by atoms with E-state index in [4.69, 9.17) is 0 Å². The van der Waals surface area contributed by atoms with Gasteiger partial charge in [-0.25, -0.2) is 4.98 Å². The molecule has 0 saturated heterocycles. The monoisotopic (exact) mass is 372 g/mol. The summed E-state index contributed by atoms with van der Waals surface area (Å²) in [5, 5.41) is 5.22. The maximum atomic E-state index is 12.0. The first kappa shape index (κ1) is 19.8. The molecule has 0 saturated carbocycles. The van der Waals surface area contributed by atoms with Gasteiger partial charge in [-0.15, -0.1) is 11.8 Å². The summed E-state index contributed by atoms with van der Waals surface area (Å²) in [6.07, 6.45) is 3.67. The third-order valence-corrected chi connectivity index (χ3v) is 4.61. The van der Waals surface area contributed by atoms with Crippen molar-refractivity contribution < 1.29 is 9.59 Å². The fraction of sp³-hybridized carbons (Fsp3) is 0.316. The highest BCUT2D eigenvalue weighted by atomic mass is 32.2. The van der Waals surface area contributed by atoms with Crippen LogP contribution in [-0.4, -0.2) is 36.1 Å². The van der Waals surface area contributed by atoms with E-state index in [2.05, 4.69) is 34.4 Å². The van der Waals surface area contributed by atoms with Gasteiger partial charge in [-0.1, -0.05) is 12.1 Å². The van der Waals surface area contributed by atoms with Gasteiger partial charge in [0.1, 0.15) is 5.82 Å². The first-order valence-electron chi connectivity index (χ1n) is 8.50. The first-order chi connectivity index (χ1) is 12.6. The maximum Gasteiger partial charge on any atom is 0.313 e. The Kier molecular flexibility index (Phi) is 7.47. The zero-order chi connectivity index (χ0) is 18.9. The second kappa shape index (κ2) is 9.82. The number of aromatic nitrogens is 1. The lowest BCUT2D eigenvalue weighted by Crippen LogP contribution is -2.35. The predicted molar refractivity (Wildman–Crippen MR) is 106 cm³/mol. The van der Waals surface area contributed by atoms with Crippen LogP contribution >= 0.6 is 11.8 Å². The van der Waals surface area contributed by atoms with E-state index in [0.717, 1.165) is 29.4 Å². The van der Waals surface area contributed by atoms with Crippen molar-refractivity contribution in [2.45, 2.75) is 25.3 Å². The fourth-order valence-corrected chi connectivity index (χ4v) is 2.87. The molecule has 26 heavy (non-hydrogen) atoms. The number of thioether (sulfide) groups is 1. The normalized spacial score (nSPS) is 10.3. The molecule has 0 aliphatic carbocycles. The van der Waals surface area contributed by atoms with Crippen molar-refractivity contribution >= 4 is 35.1 Å². The average molecular weight is 372 g/mol. The van der Waals surface area contributed by atoms with Gasteiger partial charge in [0.05, 0.1) is 0 Å². The summed E-state index contributed by atoms with van der Waals surface area (Å²) in [5.74, 6) is -0.458. The van der Waals surface area contributed by atoms with Crippen LogP contribution < -0.4 is 15.5 Å². The molecule has 6 nitrogen and oxygen atoms in total. The number of nitrogens with one attached hydrogen (secondary N) is 2. The van der Waals surface area contributed by atoms with Crippen LogP contribution in [-0.2, 0) is 16.1 Å². The molecule has 2 amide bonds. The highest BCUT2D eigenvalue weighted by molar-refractivity contribution is 7.98. The molecule has 138 valence electrons. The molecule has 0 spiro atoms. The molecular formula is C19H24N4O2S. The van der Waals surface area contributed by atoms with Crippen molar-refractivity contribution in [3.05, 3.63) is 48.2 Å². The van der Waals surface area contributed by atoms with Crippen molar-refractivity contribution in [3.63, 3.8) is 0 Å². The number of carbonyl (C=O) groups excluding carboxylic acids is 2. The lowest BCUT2D eigenvalue weighted by Gasteiger charge is -2.19.